The zero-order chi connectivity index (χ0) is 14.5. The van der Waals surface area contributed by atoms with Crippen LogP contribution in [0.3, 0.4) is 0 Å². The van der Waals surface area contributed by atoms with Crippen molar-refractivity contribution in [2.45, 2.75) is 35.5 Å². The number of nitrogens with zero attached hydrogens (tertiary/aromatic N) is 2. The summed E-state index contributed by atoms with van der Waals surface area (Å²) in [5.41, 5.74) is 7.44. The third-order valence-corrected chi connectivity index (χ3v) is 5.69. The predicted octanol–water partition coefficient (Wildman–Crippen LogP) is 3.48. The lowest BCUT2D eigenvalue weighted by atomic mass is 9.78. The van der Waals surface area contributed by atoms with Crippen molar-refractivity contribution in [2.24, 2.45) is 11.7 Å². The summed E-state index contributed by atoms with van der Waals surface area (Å²) in [5.74, 6) is 1.23. The summed E-state index contributed by atoms with van der Waals surface area (Å²) < 4.78 is 0. The molecule has 0 amide bonds. The number of aromatic nitrogens is 2. The second-order valence-electron chi connectivity index (χ2n) is 5.62. The van der Waals surface area contributed by atoms with E-state index in [4.69, 9.17) is 5.73 Å². The fraction of sp³-hybridized carbons (Fsp3) is 0.412. The first kappa shape index (κ1) is 14.5. The molecule has 1 aliphatic carbocycles. The van der Waals surface area contributed by atoms with Crippen molar-refractivity contribution in [3.05, 3.63) is 54.5 Å². The minimum absolute atomic E-state index is 0.545. The first-order chi connectivity index (χ1) is 10.4. The van der Waals surface area contributed by atoms with Crippen molar-refractivity contribution in [3.63, 3.8) is 0 Å². The summed E-state index contributed by atoms with van der Waals surface area (Å²) in [5, 5.41) is 1.60. The zero-order valence-corrected chi connectivity index (χ0v) is 12.9. The van der Waals surface area contributed by atoms with E-state index in [1.807, 2.05) is 24.0 Å². The van der Waals surface area contributed by atoms with Crippen LogP contribution in [0.2, 0.25) is 0 Å². The van der Waals surface area contributed by atoms with Crippen molar-refractivity contribution in [1.82, 2.24) is 9.97 Å². The Bertz CT molecular complexity index is 546. The van der Waals surface area contributed by atoms with Gasteiger partial charge in [0.05, 0.1) is 5.03 Å². The molecule has 3 unspecified atom stereocenters. The fourth-order valence-electron chi connectivity index (χ4n) is 3.14. The number of rotatable bonds is 4. The molecule has 21 heavy (non-hydrogen) atoms. The van der Waals surface area contributed by atoms with Crippen LogP contribution in [-0.2, 0) is 0 Å². The molecule has 0 aliphatic heterocycles. The maximum absolute atomic E-state index is 5.99. The van der Waals surface area contributed by atoms with Crippen LogP contribution in [0.25, 0.3) is 0 Å². The minimum Gasteiger partial charge on any atom is -0.330 e. The summed E-state index contributed by atoms with van der Waals surface area (Å²) in [6, 6.07) is 12.8. The number of hydrogen-bond acceptors (Lipinski definition) is 4. The first-order valence-corrected chi connectivity index (χ1v) is 8.42. The number of thioether (sulfide) groups is 1. The molecule has 2 aromatic rings. The molecule has 0 bridgehead atoms. The molecular weight excluding hydrogens is 278 g/mol. The van der Waals surface area contributed by atoms with E-state index in [0.29, 0.717) is 17.1 Å². The maximum Gasteiger partial charge on any atom is 0.116 e. The summed E-state index contributed by atoms with van der Waals surface area (Å²) in [4.78, 5) is 8.34. The summed E-state index contributed by atoms with van der Waals surface area (Å²) in [7, 11) is 0. The maximum atomic E-state index is 5.99. The largest absolute Gasteiger partial charge is 0.330 e. The van der Waals surface area contributed by atoms with E-state index in [9.17, 15) is 0 Å². The van der Waals surface area contributed by atoms with Gasteiger partial charge >= 0.3 is 0 Å². The van der Waals surface area contributed by atoms with Crippen LogP contribution in [0.15, 0.2) is 53.9 Å². The zero-order valence-electron chi connectivity index (χ0n) is 12.1. The van der Waals surface area contributed by atoms with Gasteiger partial charge < -0.3 is 5.73 Å². The van der Waals surface area contributed by atoms with Crippen LogP contribution in [0.4, 0.5) is 0 Å². The molecule has 4 heteroatoms. The molecule has 3 nitrogen and oxygen atoms in total. The highest BCUT2D eigenvalue weighted by Gasteiger charge is 2.31. The minimum atomic E-state index is 0.545. The van der Waals surface area contributed by atoms with Gasteiger partial charge in [-0.05, 0) is 49.3 Å². The molecule has 110 valence electrons. The van der Waals surface area contributed by atoms with Gasteiger partial charge in [-0.15, -0.1) is 11.8 Å². The van der Waals surface area contributed by atoms with Crippen LogP contribution in [0, 0.1) is 5.92 Å². The van der Waals surface area contributed by atoms with Crippen LogP contribution in [-0.4, -0.2) is 21.8 Å². The molecule has 1 aliphatic rings. The molecule has 2 N–H and O–H groups in total. The molecule has 3 atom stereocenters. The van der Waals surface area contributed by atoms with Gasteiger partial charge in [-0.3, -0.25) is 0 Å². The normalized spacial score (nSPS) is 25.7. The van der Waals surface area contributed by atoms with Crippen LogP contribution in [0.5, 0.6) is 0 Å². The Morgan fingerprint density at radius 1 is 1.14 bits per heavy atom. The lowest BCUT2D eigenvalue weighted by Crippen LogP contribution is -2.31. The van der Waals surface area contributed by atoms with E-state index in [1.165, 1.54) is 24.8 Å². The lowest BCUT2D eigenvalue weighted by Gasteiger charge is -2.35. The highest BCUT2D eigenvalue weighted by atomic mass is 32.2. The highest BCUT2D eigenvalue weighted by Crippen LogP contribution is 2.42. The van der Waals surface area contributed by atoms with E-state index in [1.54, 1.807) is 6.33 Å². The smallest absolute Gasteiger partial charge is 0.116 e. The van der Waals surface area contributed by atoms with Gasteiger partial charge in [0.2, 0.25) is 0 Å². The number of benzene rings is 1. The van der Waals surface area contributed by atoms with E-state index in [0.717, 1.165) is 11.6 Å². The second-order valence-corrected chi connectivity index (χ2v) is 6.88. The van der Waals surface area contributed by atoms with Crippen LogP contribution < -0.4 is 5.73 Å². The van der Waals surface area contributed by atoms with Crippen molar-refractivity contribution in [2.75, 3.05) is 6.54 Å². The summed E-state index contributed by atoms with van der Waals surface area (Å²) >= 11 is 1.86. The van der Waals surface area contributed by atoms with Gasteiger partial charge in [-0.25, -0.2) is 9.97 Å². The van der Waals surface area contributed by atoms with Crippen molar-refractivity contribution in [3.8, 4) is 0 Å². The summed E-state index contributed by atoms with van der Waals surface area (Å²) in [6.07, 6.45) is 7.06. The van der Waals surface area contributed by atoms with Gasteiger partial charge in [-0.1, -0.05) is 30.3 Å². The Balaban J connectivity index is 1.73. The topological polar surface area (TPSA) is 51.8 Å². The molecule has 1 aromatic heterocycles. The Kier molecular flexibility index (Phi) is 4.88. The Labute approximate surface area is 130 Å². The van der Waals surface area contributed by atoms with E-state index in [-0.39, 0.29) is 0 Å². The lowest BCUT2D eigenvalue weighted by molar-refractivity contribution is 0.343. The Morgan fingerprint density at radius 2 is 2.00 bits per heavy atom. The first-order valence-electron chi connectivity index (χ1n) is 7.54. The SMILES string of the molecule is NCC1CCC(c2ccccc2)CC1Sc1ccncn1. The fourth-order valence-corrected chi connectivity index (χ4v) is 4.46. The average Bonchev–Trinajstić information content (AvgIpc) is 2.56. The standard InChI is InChI=1S/C17H21N3S/c18-11-15-7-6-14(13-4-2-1-3-5-13)10-16(15)21-17-8-9-19-12-20-17/h1-5,8-9,12,14-16H,6-7,10-11,18H2. The molecule has 1 fully saturated rings. The van der Waals surface area contributed by atoms with Crippen molar-refractivity contribution in [1.29, 1.82) is 0 Å². The molecule has 1 heterocycles. The van der Waals surface area contributed by atoms with Gasteiger partial charge in [0, 0.05) is 11.4 Å². The van der Waals surface area contributed by atoms with Crippen LogP contribution in [0.1, 0.15) is 30.7 Å². The molecule has 0 radical (unpaired) electrons. The molecular formula is C17H21N3S. The molecule has 1 aromatic carbocycles. The third kappa shape index (κ3) is 3.63. The Morgan fingerprint density at radius 3 is 2.71 bits per heavy atom. The van der Waals surface area contributed by atoms with Gasteiger partial charge in [-0.2, -0.15) is 0 Å². The van der Waals surface area contributed by atoms with Gasteiger partial charge in [0.15, 0.2) is 0 Å². The van der Waals surface area contributed by atoms with Gasteiger partial charge in [0.1, 0.15) is 6.33 Å². The molecule has 0 saturated heterocycles. The summed E-state index contributed by atoms with van der Waals surface area (Å²) in [6.45, 7) is 0.768. The monoisotopic (exact) mass is 299 g/mol. The van der Waals surface area contributed by atoms with E-state index in [2.05, 4.69) is 40.3 Å². The van der Waals surface area contributed by atoms with Crippen LogP contribution >= 0.6 is 11.8 Å². The third-order valence-electron chi connectivity index (χ3n) is 4.33. The average molecular weight is 299 g/mol. The highest BCUT2D eigenvalue weighted by molar-refractivity contribution is 7.99. The second kappa shape index (κ2) is 7.05. The van der Waals surface area contributed by atoms with E-state index < -0.39 is 0 Å². The number of hydrogen-bond donors (Lipinski definition) is 1. The van der Waals surface area contributed by atoms with Crippen molar-refractivity contribution < 1.29 is 0 Å². The predicted molar refractivity (Wildman–Crippen MR) is 87.3 cm³/mol. The Hall–Kier alpha value is -1.39. The van der Waals surface area contributed by atoms with E-state index >= 15 is 0 Å². The molecule has 0 spiro atoms. The quantitative estimate of drug-likeness (QED) is 0.878. The molecule has 3 rings (SSSR count). The van der Waals surface area contributed by atoms with Gasteiger partial charge in [0.25, 0.3) is 0 Å². The molecule has 1 saturated carbocycles. The number of nitrogens with two attached hydrogens (primary N) is 1. The van der Waals surface area contributed by atoms with Crippen molar-refractivity contribution >= 4 is 11.8 Å².